The minimum absolute atomic E-state index is 0. The molecule has 0 aromatic carbocycles. The van der Waals surface area contributed by atoms with E-state index in [0.29, 0.717) is 11.2 Å². The zero-order valence-corrected chi connectivity index (χ0v) is 9.84. The van der Waals surface area contributed by atoms with E-state index >= 15 is 0 Å². The number of hydrogen-bond donors (Lipinski definition) is 2. The van der Waals surface area contributed by atoms with E-state index in [1.807, 2.05) is 6.07 Å². The highest BCUT2D eigenvalue weighted by atomic mass is 15.2. The van der Waals surface area contributed by atoms with Gasteiger partial charge in [0.05, 0.1) is 5.69 Å². The van der Waals surface area contributed by atoms with Gasteiger partial charge in [0, 0.05) is 6.07 Å². The van der Waals surface area contributed by atoms with Gasteiger partial charge in [-0.05, 0) is 37.0 Å². The van der Waals surface area contributed by atoms with Crippen molar-refractivity contribution < 1.29 is 0 Å². The van der Waals surface area contributed by atoms with Crippen LogP contribution in [-0.2, 0) is 6.42 Å². The molecule has 1 aromatic heterocycles. The van der Waals surface area contributed by atoms with Crippen LogP contribution < -0.4 is 5.73 Å². The van der Waals surface area contributed by atoms with Crippen molar-refractivity contribution in [3.05, 3.63) is 11.8 Å². The number of nitrogen functional groups attached to an aromatic ring is 1. The van der Waals surface area contributed by atoms with E-state index in [9.17, 15) is 0 Å². The van der Waals surface area contributed by atoms with Crippen molar-refractivity contribution in [3.8, 4) is 0 Å². The second-order valence-corrected chi connectivity index (χ2v) is 5.85. The van der Waals surface area contributed by atoms with Gasteiger partial charge in [-0.2, -0.15) is 5.10 Å². The summed E-state index contributed by atoms with van der Waals surface area (Å²) < 4.78 is 0. The summed E-state index contributed by atoms with van der Waals surface area (Å²) in [6.45, 7) is 0. The van der Waals surface area contributed by atoms with Gasteiger partial charge in [-0.15, -0.1) is 0 Å². The Morgan fingerprint density at radius 3 is 2.65 bits per heavy atom. The molecule has 2 bridgehead atoms. The Morgan fingerprint density at radius 1 is 1.35 bits per heavy atom. The topological polar surface area (TPSA) is 54.7 Å². The third kappa shape index (κ3) is 2.48. The lowest BCUT2D eigenvalue weighted by Crippen LogP contribution is -2.34. The average Bonchev–Trinajstić information content (AvgIpc) is 2.63. The lowest BCUT2D eigenvalue weighted by molar-refractivity contribution is 0.0765. The van der Waals surface area contributed by atoms with Gasteiger partial charge in [-0.3, -0.25) is 5.10 Å². The zero-order valence-electron chi connectivity index (χ0n) is 9.84. The number of nitrogens with one attached hydrogen (secondary N) is 1. The Hall–Kier alpha value is -0.990. The molecule has 2 fully saturated rings. The van der Waals surface area contributed by atoms with E-state index in [1.165, 1.54) is 50.6 Å². The highest BCUT2D eigenvalue weighted by Gasteiger charge is 2.39. The first-order valence-electron chi connectivity index (χ1n) is 6.56. The fourth-order valence-electron chi connectivity index (χ4n) is 3.93. The number of nitrogens with zero attached hydrogens (tertiary/aromatic N) is 1. The second-order valence-electron chi connectivity index (χ2n) is 5.85. The fourth-order valence-corrected chi connectivity index (χ4v) is 3.93. The van der Waals surface area contributed by atoms with Gasteiger partial charge in [0.25, 0.3) is 0 Å². The Kier molecular flexibility index (Phi) is 3.45. The Bertz CT molecular complexity index is 359. The molecule has 3 nitrogen and oxygen atoms in total. The van der Waals surface area contributed by atoms with Crippen LogP contribution in [-0.4, -0.2) is 10.2 Å². The van der Waals surface area contributed by atoms with Gasteiger partial charge in [0.15, 0.2) is 0 Å². The number of nitrogens with two attached hydrogens (primary N) is 1. The molecule has 0 atom stereocenters. The third-order valence-electron chi connectivity index (χ3n) is 4.57. The zero-order chi connectivity index (χ0) is 11.0. The van der Waals surface area contributed by atoms with Crippen molar-refractivity contribution >= 4 is 5.82 Å². The van der Waals surface area contributed by atoms with Gasteiger partial charge in [-0.25, -0.2) is 0 Å². The second kappa shape index (κ2) is 4.71. The number of hydrogen-bond acceptors (Lipinski definition) is 2. The summed E-state index contributed by atoms with van der Waals surface area (Å²) in [5, 5.41) is 7.16. The summed E-state index contributed by atoms with van der Waals surface area (Å²) in [7, 11) is 0. The van der Waals surface area contributed by atoms with Crippen LogP contribution in [0.4, 0.5) is 5.82 Å². The molecule has 0 radical (unpaired) electrons. The standard InChI is InChI=1S/C13H21N3.CH4/c14-12-7-11(15-16-12)9-13-5-1-3-10(8-13)4-2-6-13;/h7,10H,1-6,8-9H2,(H3,14,15,16);1H4. The first kappa shape index (κ1) is 12.5. The molecule has 0 spiro atoms. The highest BCUT2D eigenvalue weighted by Crippen LogP contribution is 2.50. The predicted octanol–water partition coefficient (Wildman–Crippen LogP) is 3.53. The van der Waals surface area contributed by atoms with Gasteiger partial charge in [0.1, 0.15) is 5.82 Å². The van der Waals surface area contributed by atoms with Crippen LogP contribution in [0, 0.1) is 11.3 Å². The van der Waals surface area contributed by atoms with Crippen LogP contribution >= 0.6 is 0 Å². The Balaban J connectivity index is 0.00000108. The van der Waals surface area contributed by atoms with Gasteiger partial charge in [-0.1, -0.05) is 33.1 Å². The summed E-state index contributed by atoms with van der Waals surface area (Å²) >= 11 is 0. The smallest absolute Gasteiger partial charge is 0.119 e. The molecular weight excluding hydrogens is 210 g/mol. The number of rotatable bonds is 2. The first-order chi connectivity index (χ1) is 7.76. The average molecular weight is 235 g/mol. The minimum atomic E-state index is 0. The normalized spacial score (nSPS) is 31.9. The third-order valence-corrected chi connectivity index (χ3v) is 4.57. The van der Waals surface area contributed by atoms with Crippen molar-refractivity contribution in [2.24, 2.45) is 11.3 Å². The van der Waals surface area contributed by atoms with Crippen molar-refractivity contribution in [1.29, 1.82) is 0 Å². The van der Waals surface area contributed by atoms with Crippen LogP contribution in [0.15, 0.2) is 6.07 Å². The maximum absolute atomic E-state index is 5.69. The highest BCUT2D eigenvalue weighted by molar-refractivity contribution is 5.29. The first-order valence-corrected chi connectivity index (χ1v) is 6.56. The monoisotopic (exact) mass is 235 g/mol. The molecule has 0 amide bonds. The van der Waals surface area contributed by atoms with Gasteiger partial charge in [0.2, 0.25) is 0 Å². The van der Waals surface area contributed by atoms with Crippen molar-refractivity contribution in [2.75, 3.05) is 5.73 Å². The van der Waals surface area contributed by atoms with E-state index < -0.39 is 0 Å². The Morgan fingerprint density at radius 2 is 2.06 bits per heavy atom. The summed E-state index contributed by atoms with van der Waals surface area (Å²) in [5.74, 6) is 1.70. The molecule has 1 heterocycles. The van der Waals surface area contributed by atoms with E-state index in [-0.39, 0.29) is 7.43 Å². The predicted molar refractivity (Wildman–Crippen MR) is 71.7 cm³/mol. The SMILES string of the molecule is C.Nc1cc(CC23CCCC(CCC2)C3)n[nH]1. The molecule has 17 heavy (non-hydrogen) atoms. The summed E-state index contributed by atoms with van der Waals surface area (Å²) in [6.07, 6.45) is 11.1. The lowest BCUT2D eigenvalue weighted by Gasteiger charge is -2.45. The summed E-state index contributed by atoms with van der Waals surface area (Å²) in [4.78, 5) is 0. The van der Waals surface area contributed by atoms with Gasteiger partial charge < -0.3 is 5.73 Å². The molecule has 0 aliphatic heterocycles. The minimum Gasteiger partial charge on any atom is -0.384 e. The van der Waals surface area contributed by atoms with Crippen molar-refractivity contribution in [3.63, 3.8) is 0 Å². The van der Waals surface area contributed by atoms with Crippen molar-refractivity contribution in [2.45, 2.75) is 58.8 Å². The van der Waals surface area contributed by atoms with Crippen LogP contribution in [0.2, 0.25) is 0 Å². The maximum Gasteiger partial charge on any atom is 0.119 e. The molecule has 3 N–H and O–H groups in total. The number of H-pyrrole nitrogens is 1. The van der Waals surface area contributed by atoms with E-state index in [1.54, 1.807) is 0 Å². The summed E-state index contributed by atoms with van der Waals surface area (Å²) in [6, 6.07) is 2.01. The number of aromatic nitrogens is 2. The van der Waals surface area contributed by atoms with E-state index in [4.69, 9.17) is 5.73 Å². The molecule has 3 heteroatoms. The van der Waals surface area contributed by atoms with Crippen LogP contribution in [0.25, 0.3) is 0 Å². The molecule has 2 aliphatic rings. The lowest BCUT2D eigenvalue weighted by atomic mass is 9.60. The maximum atomic E-state index is 5.69. The number of aromatic amines is 1. The Labute approximate surface area is 104 Å². The van der Waals surface area contributed by atoms with Crippen LogP contribution in [0.3, 0.4) is 0 Å². The quantitative estimate of drug-likeness (QED) is 0.824. The molecular formula is C14H25N3. The number of anilines is 1. The molecule has 1 aromatic rings. The van der Waals surface area contributed by atoms with Crippen LogP contribution in [0.1, 0.15) is 58.1 Å². The number of fused-ring (bicyclic) bond motifs is 2. The molecule has 2 aliphatic carbocycles. The molecule has 96 valence electrons. The molecule has 0 unspecified atom stereocenters. The van der Waals surface area contributed by atoms with Crippen molar-refractivity contribution in [1.82, 2.24) is 10.2 Å². The largest absolute Gasteiger partial charge is 0.384 e. The van der Waals surface area contributed by atoms with E-state index in [0.717, 1.165) is 12.3 Å². The van der Waals surface area contributed by atoms with Crippen LogP contribution in [0.5, 0.6) is 0 Å². The molecule has 2 saturated carbocycles. The summed E-state index contributed by atoms with van der Waals surface area (Å²) in [5.41, 5.74) is 7.42. The van der Waals surface area contributed by atoms with E-state index in [2.05, 4.69) is 10.2 Å². The van der Waals surface area contributed by atoms with Gasteiger partial charge >= 0.3 is 0 Å². The molecule has 3 rings (SSSR count). The fraction of sp³-hybridized carbons (Fsp3) is 0.786. The molecule has 0 saturated heterocycles.